The second kappa shape index (κ2) is 9.45. The molecule has 2 unspecified atom stereocenters. The molecule has 2 aromatic carbocycles. The van der Waals surface area contributed by atoms with Crippen LogP contribution in [0, 0.1) is 5.92 Å². The van der Waals surface area contributed by atoms with E-state index in [1.165, 1.54) is 11.1 Å². The van der Waals surface area contributed by atoms with Crippen LogP contribution in [0.3, 0.4) is 0 Å². The maximum atomic E-state index is 12.5. The average molecular weight is 390 g/mol. The van der Waals surface area contributed by atoms with Crippen LogP contribution in [0.5, 0.6) is 0 Å². The molecule has 0 aliphatic carbocycles. The molecule has 1 fully saturated rings. The van der Waals surface area contributed by atoms with Gasteiger partial charge in [0, 0.05) is 25.6 Å². The number of rotatable bonds is 8. The second-order valence-corrected chi connectivity index (χ2v) is 7.34. The molecule has 1 aliphatic rings. The van der Waals surface area contributed by atoms with Crippen LogP contribution in [0.2, 0.25) is 0 Å². The fraction of sp³-hybridized carbons (Fsp3) is 0.318. The lowest BCUT2D eigenvalue weighted by atomic mass is 9.95. The third-order valence-corrected chi connectivity index (χ3v) is 5.24. The fourth-order valence-corrected chi connectivity index (χ4v) is 3.66. The van der Waals surface area contributed by atoms with Crippen LogP contribution < -0.4 is 16.2 Å². The number of nitrogens with one attached hydrogen (secondary N) is 3. The summed E-state index contributed by atoms with van der Waals surface area (Å²) in [6.45, 7) is 2.10. The Kier molecular flexibility index (Phi) is 6.29. The summed E-state index contributed by atoms with van der Waals surface area (Å²) in [5.41, 5.74) is 9.36. The average Bonchev–Trinajstić information content (AvgIpc) is 3.43. The molecular weight excluding hydrogens is 364 g/mol. The van der Waals surface area contributed by atoms with Crippen molar-refractivity contribution < 1.29 is 4.79 Å². The van der Waals surface area contributed by atoms with Crippen LogP contribution in [0.1, 0.15) is 34.1 Å². The van der Waals surface area contributed by atoms with Gasteiger partial charge in [-0.1, -0.05) is 65.9 Å². The summed E-state index contributed by atoms with van der Waals surface area (Å²) in [5, 5.41) is 11.1. The predicted molar refractivity (Wildman–Crippen MR) is 111 cm³/mol. The second-order valence-electron chi connectivity index (χ2n) is 7.34. The Hall–Kier alpha value is -3.03. The van der Waals surface area contributed by atoms with Crippen LogP contribution >= 0.6 is 0 Å². The van der Waals surface area contributed by atoms with Gasteiger partial charge in [-0.25, -0.2) is 5.43 Å². The Morgan fingerprint density at radius 3 is 2.66 bits per heavy atom. The highest BCUT2D eigenvalue weighted by molar-refractivity contribution is 5.91. The van der Waals surface area contributed by atoms with Crippen LogP contribution in [-0.2, 0) is 13.0 Å². The minimum atomic E-state index is -0.182. The van der Waals surface area contributed by atoms with Crippen molar-refractivity contribution in [2.24, 2.45) is 5.92 Å². The van der Waals surface area contributed by atoms with E-state index in [0.717, 1.165) is 25.9 Å². The minimum absolute atomic E-state index is 0.171. The Labute approximate surface area is 170 Å². The lowest BCUT2D eigenvalue weighted by Gasteiger charge is -2.18. The smallest absolute Gasteiger partial charge is 0.273 e. The van der Waals surface area contributed by atoms with Gasteiger partial charge in [0.05, 0.1) is 12.2 Å². The van der Waals surface area contributed by atoms with Gasteiger partial charge in [-0.3, -0.25) is 14.9 Å². The summed E-state index contributed by atoms with van der Waals surface area (Å²) < 4.78 is 1.74. The summed E-state index contributed by atoms with van der Waals surface area (Å²) in [4.78, 5) is 12.5. The summed E-state index contributed by atoms with van der Waals surface area (Å²) >= 11 is 0. The Morgan fingerprint density at radius 1 is 1.10 bits per heavy atom. The molecule has 7 heteroatoms. The van der Waals surface area contributed by atoms with Gasteiger partial charge in [-0.15, -0.1) is 5.10 Å². The van der Waals surface area contributed by atoms with Gasteiger partial charge in [0.2, 0.25) is 0 Å². The molecule has 0 radical (unpaired) electrons. The van der Waals surface area contributed by atoms with E-state index in [1.54, 1.807) is 10.9 Å². The van der Waals surface area contributed by atoms with E-state index in [-0.39, 0.29) is 17.9 Å². The van der Waals surface area contributed by atoms with Crippen molar-refractivity contribution >= 4 is 5.91 Å². The highest BCUT2D eigenvalue weighted by Gasteiger charge is 2.28. The number of carbonyl (C=O) groups is 1. The molecule has 0 bridgehead atoms. The lowest BCUT2D eigenvalue weighted by molar-refractivity contribution is 0.0941. The van der Waals surface area contributed by atoms with Gasteiger partial charge in [0.1, 0.15) is 0 Å². The van der Waals surface area contributed by atoms with Crippen molar-refractivity contribution in [3.8, 4) is 0 Å². The van der Waals surface area contributed by atoms with Gasteiger partial charge in [0.25, 0.3) is 5.91 Å². The van der Waals surface area contributed by atoms with Crippen molar-refractivity contribution in [2.45, 2.75) is 25.4 Å². The molecule has 1 aliphatic heterocycles. The fourth-order valence-electron chi connectivity index (χ4n) is 3.66. The van der Waals surface area contributed by atoms with Crippen molar-refractivity contribution in [3.05, 3.63) is 83.7 Å². The molecule has 150 valence electrons. The first-order chi connectivity index (χ1) is 14.3. The summed E-state index contributed by atoms with van der Waals surface area (Å²) in [6.07, 6.45) is 3.65. The molecule has 4 rings (SSSR count). The number of nitrogens with zero attached hydrogens (tertiary/aromatic N) is 3. The number of carbonyl (C=O) groups excluding carboxylic acids is 1. The number of hydrazine groups is 1. The van der Waals surface area contributed by atoms with E-state index in [0.29, 0.717) is 12.2 Å². The topological polar surface area (TPSA) is 83.9 Å². The quantitative estimate of drug-likeness (QED) is 0.549. The number of amides is 1. The Bertz CT molecular complexity index is 911. The van der Waals surface area contributed by atoms with E-state index in [1.807, 2.05) is 36.4 Å². The molecule has 1 aromatic heterocycles. The maximum Gasteiger partial charge on any atom is 0.273 e. The van der Waals surface area contributed by atoms with Crippen molar-refractivity contribution in [1.29, 1.82) is 0 Å². The SMILES string of the molecule is O=C(NCC1CNNC1c1ccccc1)c1cn(CCCc2ccccc2)nn1. The van der Waals surface area contributed by atoms with Gasteiger partial charge in [-0.2, -0.15) is 0 Å². The number of hydrogen-bond donors (Lipinski definition) is 3. The third-order valence-electron chi connectivity index (χ3n) is 5.24. The van der Waals surface area contributed by atoms with Gasteiger partial charge < -0.3 is 5.32 Å². The summed E-state index contributed by atoms with van der Waals surface area (Å²) in [5.74, 6) is 0.0836. The molecule has 29 heavy (non-hydrogen) atoms. The first-order valence-electron chi connectivity index (χ1n) is 10.1. The number of aromatic nitrogens is 3. The summed E-state index contributed by atoms with van der Waals surface area (Å²) in [7, 11) is 0. The molecule has 2 heterocycles. The zero-order valence-electron chi connectivity index (χ0n) is 16.3. The zero-order chi connectivity index (χ0) is 19.9. The van der Waals surface area contributed by atoms with Crippen LogP contribution in [0.25, 0.3) is 0 Å². The first kappa shape index (κ1) is 19.3. The monoisotopic (exact) mass is 390 g/mol. The van der Waals surface area contributed by atoms with E-state index >= 15 is 0 Å². The minimum Gasteiger partial charge on any atom is -0.350 e. The molecule has 2 atom stereocenters. The van der Waals surface area contributed by atoms with Crippen LogP contribution in [-0.4, -0.2) is 34.0 Å². The molecule has 7 nitrogen and oxygen atoms in total. The van der Waals surface area contributed by atoms with E-state index in [2.05, 4.69) is 50.7 Å². The van der Waals surface area contributed by atoms with Crippen molar-refractivity contribution in [1.82, 2.24) is 31.2 Å². The zero-order valence-corrected chi connectivity index (χ0v) is 16.3. The molecular formula is C22H26N6O. The molecule has 0 saturated carbocycles. The highest BCUT2D eigenvalue weighted by atomic mass is 16.2. The predicted octanol–water partition coefficient (Wildman–Crippen LogP) is 2.11. The number of hydrogen-bond acceptors (Lipinski definition) is 5. The maximum absolute atomic E-state index is 12.5. The molecule has 3 aromatic rings. The first-order valence-corrected chi connectivity index (χ1v) is 10.1. The van der Waals surface area contributed by atoms with Gasteiger partial charge in [-0.05, 0) is 24.0 Å². The van der Waals surface area contributed by atoms with Gasteiger partial charge in [0.15, 0.2) is 5.69 Å². The molecule has 3 N–H and O–H groups in total. The Morgan fingerprint density at radius 2 is 1.86 bits per heavy atom. The normalized spacial score (nSPS) is 18.6. The molecule has 1 amide bonds. The largest absolute Gasteiger partial charge is 0.350 e. The molecule has 1 saturated heterocycles. The molecule has 0 spiro atoms. The Balaban J connectivity index is 1.26. The van der Waals surface area contributed by atoms with Crippen molar-refractivity contribution in [3.63, 3.8) is 0 Å². The highest BCUT2D eigenvalue weighted by Crippen LogP contribution is 2.23. The van der Waals surface area contributed by atoms with Crippen LogP contribution in [0.4, 0.5) is 0 Å². The van der Waals surface area contributed by atoms with E-state index < -0.39 is 0 Å². The van der Waals surface area contributed by atoms with Gasteiger partial charge >= 0.3 is 0 Å². The summed E-state index contributed by atoms with van der Waals surface area (Å²) in [6, 6.07) is 20.8. The lowest BCUT2D eigenvalue weighted by Crippen LogP contribution is -2.33. The third kappa shape index (κ3) is 5.07. The van der Waals surface area contributed by atoms with Crippen LogP contribution in [0.15, 0.2) is 66.9 Å². The standard InChI is InChI=1S/C22H26N6O/c29-22(23-14-19-15-24-26-21(19)18-11-5-2-6-12-18)20-16-28(27-25-20)13-7-10-17-8-3-1-4-9-17/h1-6,8-9,11-12,16,19,21,24,26H,7,10,13-15H2,(H,23,29). The number of benzene rings is 2. The van der Waals surface area contributed by atoms with E-state index in [4.69, 9.17) is 0 Å². The van der Waals surface area contributed by atoms with Crippen molar-refractivity contribution in [2.75, 3.05) is 13.1 Å². The number of aryl methyl sites for hydroxylation is 2. The van der Waals surface area contributed by atoms with E-state index in [9.17, 15) is 4.79 Å².